The third-order valence-corrected chi connectivity index (χ3v) is 6.72. The predicted octanol–water partition coefficient (Wildman–Crippen LogP) is 4.68. The summed E-state index contributed by atoms with van der Waals surface area (Å²) >= 11 is 1.63. The highest BCUT2D eigenvalue weighted by atomic mass is 32.2. The normalized spacial score (nSPS) is 20.4. The Labute approximate surface area is 164 Å². The molecule has 2 aliphatic rings. The minimum absolute atomic E-state index is 0.160. The first-order valence-corrected chi connectivity index (χ1v) is 10.9. The van der Waals surface area contributed by atoms with Crippen molar-refractivity contribution in [1.82, 2.24) is 10.5 Å². The van der Waals surface area contributed by atoms with E-state index >= 15 is 0 Å². The van der Waals surface area contributed by atoms with Gasteiger partial charge in [-0.1, -0.05) is 36.6 Å². The molecule has 1 unspecified atom stereocenters. The van der Waals surface area contributed by atoms with Crippen LogP contribution in [0.3, 0.4) is 0 Å². The smallest absolute Gasteiger partial charge is 0.273 e. The molecule has 1 atom stereocenters. The van der Waals surface area contributed by atoms with E-state index in [-0.39, 0.29) is 12.5 Å². The molecular weight excluding hydrogens is 360 g/mol. The largest absolute Gasteiger partial charge is 0.484 e. The zero-order valence-electron chi connectivity index (χ0n) is 15.7. The number of benzene rings is 1. The molecule has 4 rings (SSSR count). The van der Waals surface area contributed by atoms with Crippen molar-refractivity contribution in [2.24, 2.45) is 11.3 Å². The lowest BCUT2D eigenvalue weighted by molar-refractivity contribution is 0.0939. The molecule has 2 saturated carbocycles. The van der Waals surface area contributed by atoms with Crippen LogP contribution in [0.25, 0.3) is 0 Å². The number of para-hydroxylation sites is 1. The van der Waals surface area contributed by atoms with Crippen LogP contribution in [-0.4, -0.2) is 23.9 Å². The Kier molecular flexibility index (Phi) is 5.43. The van der Waals surface area contributed by atoms with Gasteiger partial charge in [0.1, 0.15) is 12.4 Å². The summed E-state index contributed by atoms with van der Waals surface area (Å²) in [5.41, 5.74) is 0.851. The maximum atomic E-state index is 12.4. The quantitative estimate of drug-likeness (QED) is 0.700. The minimum atomic E-state index is -0.160. The Morgan fingerprint density at radius 3 is 2.96 bits per heavy atom. The Bertz CT molecular complexity index is 798. The average molecular weight is 387 g/mol. The third kappa shape index (κ3) is 4.15. The van der Waals surface area contributed by atoms with Gasteiger partial charge >= 0.3 is 0 Å². The van der Waals surface area contributed by atoms with E-state index in [0.717, 1.165) is 17.2 Å². The summed E-state index contributed by atoms with van der Waals surface area (Å²) in [6.45, 7) is 1.00. The van der Waals surface area contributed by atoms with Gasteiger partial charge in [-0.3, -0.25) is 4.79 Å². The maximum Gasteiger partial charge on any atom is 0.273 e. The molecule has 0 radical (unpaired) electrons. The van der Waals surface area contributed by atoms with Gasteiger partial charge in [0.15, 0.2) is 11.5 Å². The van der Waals surface area contributed by atoms with Crippen LogP contribution >= 0.6 is 11.8 Å². The van der Waals surface area contributed by atoms with E-state index in [1.807, 2.05) is 30.5 Å². The lowest BCUT2D eigenvalue weighted by Crippen LogP contribution is -2.27. The fourth-order valence-electron chi connectivity index (χ4n) is 4.27. The van der Waals surface area contributed by atoms with Crippen molar-refractivity contribution in [1.29, 1.82) is 0 Å². The van der Waals surface area contributed by atoms with Crippen molar-refractivity contribution in [3.8, 4) is 5.75 Å². The van der Waals surface area contributed by atoms with E-state index < -0.39 is 0 Å². The molecule has 2 aliphatic carbocycles. The summed E-state index contributed by atoms with van der Waals surface area (Å²) in [5, 5.41) is 6.93. The van der Waals surface area contributed by atoms with Crippen molar-refractivity contribution >= 4 is 17.7 Å². The molecule has 144 valence electrons. The van der Waals surface area contributed by atoms with Gasteiger partial charge < -0.3 is 14.6 Å². The first-order valence-electron chi connectivity index (χ1n) is 9.70. The summed E-state index contributed by atoms with van der Waals surface area (Å²) in [7, 11) is 0. The molecule has 2 fully saturated rings. The standard InChI is InChI=1S/C21H26N2O3S/c1-27-19-8-4-3-7-18(19)25-14-16-11-17(23-26-16)20(24)22-13-15-12-21(15)9-5-2-6-10-21/h3-4,7-8,11,15H,2,5-6,9-10,12-14H2,1H3,(H,22,24). The highest BCUT2D eigenvalue weighted by molar-refractivity contribution is 7.98. The molecule has 0 aliphatic heterocycles. The van der Waals surface area contributed by atoms with Crippen LogP contribution < -0.4 is 10.1 Å². The molecule has 1 aromatic carbocycles. The lowest BCUT2D eigenvalue weighted by Gasteiger charge is -2.22. The Morgan fingerprint density at radius 2 is 2.15 bits per heavy atom. The number of thioether (sulfide) groups is 1. The Morgan fingerprint density at radius 1 is 1.33 bits per heavy atom. The molecule has 5 nitrogen and oxygen atoms in total. The highest BCUT2D eigenvalue weighted by Crippen LogP contribution is 2.60. The molecule has 1 aromatic heterocycles. The molecule has 27 heavy (non-hydrogen) atoms. The van der Waals surface area contributed by atoms with Crippen molar-refractivity contribution < 1.29 is 14.1 Å². The molecule has 1 heterocycles. The van der Waals surface area contributed by atoms with Crippen LogP contribution in [0.4, 0.5) is 0 Å². The SMILES string of the molecule is CSc1ccccc1OCc1cc(C(=O)NCC2CC23CCCCC3)no1. The summed E-state index contributed by atoms with van der Waals surface area (Å²) < 4.78 is 11.1. The second kappa shape index (κ2) is 7.97. The van der Waals surface area contributed by atoms with E-state index in [4.69, 9.17) is 9.26 Å². The van der Waals surface area contributed by atoms with Gasteiger partial charge in [-0.2, -0.15) is 0 Å². The molecule has 6 heteroatoms. The van der Waals surface area contributed by atoms with Gasteiger partial charge in [0.05, 0.1) is 0 Å². The molecule has 2 aromatic rings. The second-order valence-electron chi connectivity index (χ2n) is 7.65. The van der Waals surface area contributed by atoms with Crippen molar-refractivity contribution in [3.05, 3.63) is 41.8 Å². The lowest BCUT2D eigenvalue weighted by atomic mass is 9.84. The maximum absolute atomic E-state index is 12.4. The third-order valence-electron chi connectivity index (χ3n) is 5.95. The monoisotopic (exact) mass is 386 g/mol. The van der Waals surface area contributed by atoms with Crippen molar-refractivity contribution in [2.45, 2.75) is 50.0 Å². The van der Waals surface area contributed by atoms with E-state index in [2.05, 4.69) is 10.5 Å². The van der Waals surface area contributed by atoms with E-state index in [9.17, 15) is 4.79 Å². The number of nitrogens with zero attached hydrogens (tertiary/aromatic N) is 1. The van der Waals surface area contributed by atoms with Crippen molar-refractivity contribution in [3.63, 3.8) is 0 Å². The van der Waals surface area contributed by atoms with Gasteiger partial charge in [0.2, 0.25) is 0 Å². The van der Waals surface area contributed by atoms with E-state index in [0.29, 0.717) is 22.8 Å². The first-order chi connectivity index (χ1) is 13.2. The van der Waals surface area contributed by atoms with Gasteiger partial charge in [0.25, 0.3) is 5.91 Å². The number of amides is 1. The zero-order chi connectivity index (χ0) is 18.7. The average Bonchev–Trinajstić information content (AvgIpc) is 3.14. The number of nitrogens with one attached hydrogen (secondary N) is 1. The summed E-state index contributed by atoms with van der Waals surface area (Å²) in [5.74, 6) is 1.83. The molecule has 1 amide bonds. The highest BCUT2D eigenvalue weighted by Gasteiger charge is 2.53. The number of ether oxygens (including phenoxy) is 1. The molecule has 1 N–H and O–H groups in total. The number of carbonyl (C=O) groups is 1. The van der Waals surface area contributed by atoms with Gasteiger partial charge in [-0.25, -0.2) is 0 Å². The first kappa shape index (κ1) is 18.4. The van der Waals surface area contributed by atoms with Crippen LogP contribution in [0.1, 0.15) is 54.8 Å². The van der Waals surface area contributed by atoms with Crippen LogP contribution in [0.15, 0.2) is 39.8 Å². The number of hydrogen-bond acceptors (Lipinski definition) is 5. The number of hydrogen-bond donors (Lipinski definition) is 1. The molecule has 0 bridgehead atoms. The van der Waals surface area contributed by atoms with Gasteiger partial charge in [-0.15, -0.1) is 11.8 Å². The van der Waals surface area contributed by atoms with Crippen LogP contribution in [-0.2, 0) is 6.61 Å². The van der Waals surface area contributed by atoms with Crippen LogP contribution in [0.2, 0.25) is 0 Å². The minimum Gasteiger partial charge on any atom is -0.484 e. The predicted molar refractivity (Wildman–Crippen MR) is 105 cm³/mol. The van der Waals surface area contributed by atoms with Crippen LogP contribution in [0.5, 0.6) is 5.75 Å². The molecule has 1 spiro atoms. The summed E-state index contributed by atoms with van der Waals surface area (Å²) in [6.07, 6.45) is 9.99. The summed E-state index contributed by atoms with van der Waals surface area (Å²) in [4.78, 5) is 13.4. The molecular formula is C21H26N2O3S. The fraction of sp³-hybridized carbons (Fsp3) is 0.524. The zero-order valence-corrected chi connectivity index (χ0v) is 16.5. The van der Waals surface area contributed by atoms with Gasteiger partial charge in [0, 0.05) is 17.5 Å². The van der Waals surface area contributed by atoms with Crippen LogP contribution in [0, 0.1) is 11.3 Å². The van der Waals surface area contributed by atoms with Gasteiger partial charge in [-0.05, 0) is 49.0 Å². The number of carbonyl (C=O) groups excluding carboxylic acids is 1. The number of rotatable bonds is 7. The van der Waals surface area contributed by atoms with E-state index in [1.165, 1.54) is 38.5 Å². The summed E-state index contributed by atoms with van der Waals surface area (Å²) in [6, 6.07) is 9.52. The second-order valence-corrected chi connectivity index (χ2v) is 8.50. The topological polar surface area (TPSA) is 64.4 Å². The van der Waals surface area contributed by atoms with E-state index in [1.54, 1.807) is 17.8 Å². The van der Waals surface area contributed by atoms with Crippen molar-refractivity contribution in [2.75, 3.05) is 12.8 Å². The number of aromatic nitrogens is 1. The molecule has 0 saturated heterocycles. The Balaban J connectivity index is 1.27. The fourth-order valence-corrected chi connectivity index (χ4v) is 4.81. The Hall–Kier alpha value is -1.95.